The van der Waals surface area contributed by atoms with Crippen LogP contribution in [0.1, 0.15) is 75.5 Å². The maximum Gasteiger partial charge on any atom is 0.433 e. The standard InChI is InChI=1S/C23H28F3N/c1-2-3-4-5-17-6-8-18(9-7-17)19-10-12-20(13-11-19)21-14-15-22(27-16-21)23(24,25)26/h10-18H,2-9H2,1H3. The van der Waals surface area contributed by atoms with E-state index in [2.05, 4.69) is 24.0 Å². The van der Waals surface area contributed by atoms with Gasteiger partial charge in [0.1, 0.15) is 5.69 Å². The predicted octanol–water partition coefficient (Wildman–Crippen LogP) is 7.62. The first-order valence-corrected chi connectivity index (χ1v) is 10.1. The molecule has 27 heavy (non-hydrogen) atoms. The number of unbranched alkanes of at least 4 members (excludes halogenated alkanes) is 2. The molecule has 0 aliphatic heterocycles. The van der Waals surface area contributed by atoms with Crippen LogP contribution in [-0.2, 0) is 6.18 Å². The first-order valence-electron chi connectivity index (χ1n) is 10.1. The summed E-state index contributed by atoms with van der Waals surface area (Å²) >= 11 is 0. The molecule has 0 saturated heterocycles. The molecule has 0 radical (unpaired) electrons. The maximum absolute atomic E-state index is 12.6. The highest BCUT2D eigenvalue weighted by molar-refractivity contribution is 5.62. The van der Waals surface area contributed by atoms with Crippen molar-refractivity contribution in [2.75, 3.05) is 0 Å². The van der Waals surface area contributed by atoms with Crippen LogP contribution >= 0.6 is 0 Å². The van der Waals surface area contributed by atoms with Gasteiger partial charge < -0.3 is 0 Å². The third-order valence-electron chi connectivity index (χ3n) is 5.83. The van der Waals surface area contributed by atoms with Crippen molar-refractivity contribution >= 4 is 0 Å². The first kappa shape index (κ1) is 19.9. The second-order valence-electron chi connectivity index (χ2n) is 7.77. The van der Waals surface area contributed by atoms with Gasteiger partial charge in [-0.25, -0.2) is 0 Å². The van der Waals surface area contributed by atoms with Crippen LogP contribution in [0.25, 0.3) is 11.1 Å². The van der Waals surface area contributed by atoms with Crippen molar-refractivity contribution in [1.29, 1.82) is 0 Å². The quantitative estimate of drug-likeness (QED) is 0.473. The summed E-state index contributed by atoms with van der Waals surface area (Å²) in [4.78, 5) is 3.55. The Morgan fingerprint density at radius 3 is 2.11 bits per heavy atom. The predicted molar refractivity (Wildman–Crippen MR) is 104 cm³/mol. The van der Waals surface area contributed by atoms with Crippen molar-refractivity contribution in [3.63, 3.8) is 0 Å². The zero-order chi connectivity index (χ0) is 19.3. The lowest BCUT2D eigenvalue weighted by Crippen LogP contribution is -2.13. The number of benzene rings is 1. The largest absolute Gasteiger partial charge is 0.433 e. The average Bonchev–Trinajstić information content (AvgIpc) is 2.68. The highest BCUT2D eigenvalue weighted by Crippen LogP contribution is 2.38. The molecule has 1 fully saturated rings. The van der Waals surface area contributed by atoms with E-state index in [-0.39, 0.29) is 0 Å². The number of halogens is 3. The van der Waals surface area contributed by atoms with Crippen LogP contribution in [-0.4, -0.2) is 4.98 Å². The highest BCUT2D eigenvalue weighted by Gasteiger charge is 2.32. The summed E-state index contributed by atoms with van der Waals surface area (Å²) in [5.41, 5.74) is 2.13. The highest BCUT2D eigenvalue weighted by atomic mass is 19.4. The molecule has 1 nitrogen and oxygen atoms in total. The molecule has 0 bridgehead atoms. The van der Waals surface area contributed by atoms with E-state index in [1.54, 1.807) is 0 Å². The fraction of sp³-hybridized carbons (Fsp3) is 0.522. The lowest BCUT2D eigenvalue weighted by molar-refractivity contribution is -0.141. The van der Waals surface area contributed by atoms with Crippen LogP contribution in [0.5, 0.6) is 0 Å². The molecule has 0 N–H and O–H groups in total. The minimum atomic E-state index is -4.39. The zero-order valence-electron chi connectivity index (χ0n) is 15.9. The normalized spacial score (nSPS) is 20.6. The fourth-order valence-electron chi connectivity index (χ4n) is 4.15. The number of rotatable bonds is 6. The molecule has 0 amide bonds. The monoisotopic (exact) mass is 375 g/mol. The lowest BCUT2D eigenvalue weighted by atomic mass is 9.77. The Balaban J connectivity index is 1.58. The van der Waals surface area contributed by atoms with Crippen LogP contribution in [0.15, 0.2) is 42.6 Å². The van der Waals surface area contributed by atoms with Crippen molar-refractivity contribution < 1.29 is 13.2 Å². The summed E-state index contributed by atoms with van der Waals surface area (Å²) in [6.07, 6.45) is 7.42. The summed E-state index contributed by atoms with van der Waals surface area (Å²) in [5.74, 6) is 1.51. The van der Waals surface area contributed by atoms with Gasteiger partial charge in [0.2, 0.25) is 0 Å². The molecule has 1 saturated carbocycles. The minimum Gasteiger partial charge on any atom is -0.251 e. The first-order chi connectivity index (χ1) is 13.0. The Morgan fingerprint density at radius 1 is 0.889 bits per heavy atom. The number of hydrogen-bond donors (Lipinski definition) is 0. The van der Waals surface area contributed by atoms with Crippen LogP contribution in [0.2, 0.25) is 0 Å². The summed E-state index contributed by atoms with van der Waals surface area (Å²) in [6.45, 7) is 2.25. The summed E-state index contributed by atoms with van der Waals surface area (Å²) < 4.78 is 37.9. The SMILES string of the molecule is CCCCCC1CCC(c2ccc(-c3ccc(C(F)(F)F)nc3)cc2)CC1. The molecular formula is C23H28F3N. The molecule has 0 spiro atoms. The van der Waals surface area contributed by atoms with Gasteiger partial charge in [-0.05, 0) is 54.7 Å². The van der Waals surface area contributed by atoms with Crippen LogP contribution in [0.4, 0.5) is 13.2 Å². The van der Waals surface area contributed by atoms with E-state index < -0.39 is 11.9 Å². The smallest absolute Gasteiger partial charge is 0.251 e. The lowest BCUT2D eigenvalue weighted by Gasteiger charge is -2.29. The van der Waals surface area contributed by atoms with E-state index in [4.69, 9.17) is 0 Å². The Hall–Kier alpha value is -1.84. The van der Waals surface area contributed by atoms with Crippen molar-refractivity contribution in [1.82, 2.24) is 4.98 Å². The van der Waals surface area contributed by atoms with E-state index in [9.17, 15) is 13.2 Å². The van der Waals surface area contributed by atoms with Gasteiger partial charge in [0.05, 0.1) is 0 Å². The van der Waals surface area contributed by atoms with E-state index in [0.717, 1.165) is 17.5 Å². The van der Waals surface area contributed by atoms with Crippen molar-refractivity contribution in [3.8, 4) is 11.1 Å². The van der Waals surface area contributed by atoms with Gasteiger partial charge in [-0.2, -0.15) is 13.2 Å². The van der Waals surface area contributed by atoms with Crippen LogP contribution < -0.4 is 0 Å². The molecule has 3 rings (SSSR count). The van der Waals surface area contributed by atoms with Gasteiger partial charge in [-0.1, -0.05) is 62.9 Å². The third kappa shape index (κ3) is 5.33. The van der Waals surface area contributed by atoms with E-state index in [0.29, 0.717) is 11.5 Å². The summed E-state index contributed by atoms with van der Waals surface area (Å²) in [7, 11) is 0. The second kappa shape index (κ2) is 8.90. The number of aromatic nitrogens is 1. The molecule has 1 heterocycles. The Kier molecular flexibility index (Phi) is 6.56. The zero-order valence-corrected chi connectivity index (χ0v) is 15.9. The number of pyridine rings is 1. The number of nitrogens with zero attached hydrogens (tertiary/aromatic N) is 1. The number of alkyl halides is 3. The fourth-order valence-corrected chi connectivity index (χ4v) is 4.15. The third-order valence-corrected chi connectivity index (χ3v) is 5.83. The Bertz CT molecular complexity index is 696. The van der Waals surface area contributed by atoms with Crippen LogP contribution in [0, 0.1) is 5.92 Å². The number of hydrogen-bond acceptors (Lipinski definition) is 1. The van der Waals surface area contributed by atoms with E-state index in [1.165, 1.54) is 69.2 Å². The minimum absolute atomic E-state index is 0.618. The molecule has 0 atom stereocenters. The Labute approximate surface area is 160 Å². The molecule has 4 heteroatoms. The Morgan fingerprint density at radius 2 is 1.56 bits per heavy atom. The van der Waals surface area contributed by atoms with Gasteiger partial charge in [0.25, 0.3) is 0 Å². The van der Waals surface area contributed by atoms with E-state index >= 15 is 0 Å². The topological polar surface area (TPSA) is 12.9 Å². The van der Waals surface area contributed by atoms with Gasteiger partial charge >= 0.3 is 6.18 Å². The van der Waals surface area contributed by atoms with E-state index in [1.807, 2.05) is 12.1 Å². The molecule has 1 aliphatic carbocycles. The van der Waals surface area contributed by atoms with Gasteiger partial charge in [-0.15, -0.1) is 0 Å². The molecule has 2 aromatic rings. The van der Waals surface area contributed by atoms with Crippen molar-refractivity contribution in [2.45, 2.75) is 70.4 Å². The average molecular weight is 375 g/mol. The van der Waals surface area contributed by atoms with Gasteiger partial charge in [-0.3, -0.25) is 4.98 Å². The van der Waals surface area contributed by atoms with Crippen molar-refractivity contribution in [3.05, 3.63) is 53.9 Å². The van der Waals surface area contributed by atoms with Crippen molar-refractivity contribution in [2.24, 2.45) is 5.92 Å². The molecule has 146 valence electrons. The molecule has 0 unspecified atom stereocenters. The maximum atomic E-state index is 12.6. The molecule has 1 aromatic heterocycles. The molecule has 1 aromatic carbocycles. The molecule has 1 aliphatic rings. The summed E-state index contributed by atoms with van der Waals surface area (Å²) in [6, 6.07) is 10.8. The van der Waals surface area contributed by atoms with Crippen LogP contribution in [0.3, 0.4) is 0 Å². The van der Waals surface area contributed by atoms with Gasteiger partial charge in [0, 0.05) is 11.8 Å². The second-order valence-corrected chi connectivity index (χ2v) is 7.77. The van der Waals surface area contributed by atoms with Gasteiger partial charge in [0.15, 0.2) is 0 Å². The summed E-state index contributed by atoms with van der Waals surface area (Å²) in [5, 5.41) is 0. The molecular weight excluding hydrogens is 347 g/mol.